The van der Waals surface area contributed by atoms with Gasteiger partial charge in [0.05, 0.1) is 5.92 Å². The third kappa shape index (κ3) is 7.01. The summed E-state index contributed by atoms with van der Waals surface area (Å²) in [5.74, 6) is -0.792. The Morgan fingerprint density at radius 3 is 1.79 bits per heavy atom. The van der Waals surface area contributed by atoms with Gasteiger partial charge in [-0.25, -0.2) is 9.59 Å². The van der Waals surface area contributed by atoms with Gasteiger partial charge in [-0.2, -0.15) is 0 Å². The van der Waals surface area contributed by atoms with Crippen molar-refractivity contribution in [3.63, 3.8) is 0 Å². The van der Waals surface area contributed by atoms with Gasteiger partial charge < -0.3 is 14.2 Å². The molecule has 0 radical (unpaired) electrons. The Hall–Kier alpha value is -4.10. The molecule has 0 fully saturated rings. The highest BCUT2D eigenvalue weighted by atomic mass is 32.2. The highest BCUT2D eigenvalue weighted by Crippen LogP contribution is 2.39. The molecule has 0 N–H and O–H groups in total. The zero-order chi connectivity index (χ0) is 28.0. The van der Waals surface area contributed by atoms with Crippen LogP contribution in [0, 0.1) is 5.92 Å². The highest BCUT2D eigenvalue weighted by molar-refractivity contribution is 7.98. The van der Waals surface area contributed by atoms with Crippen molar-refractivity contribution in [1.82, 2.24) is 0 Å². The number of ether oxygens (including phenoxy) is 3. The van der Waals surface area contributed by atoms with Gasteiger partial charge in [-0.05, 0) is 67.1 Å². The summed E-state index contributed by atoms with van der Waals surface area (Å²) in [6, 6.07) is 18.1. The number of carbonyl (C=O) groups is 3. The maximum Gasteiger partial charge on any atom is 0.338 e. The SMILES string of the molecule is C=C(C)C(=O)Oc1ccc(-c2ccc(-c3ccc(OC(=O)C(=C)C)cc3OC(=O)C(C)C)cc2SC)cc1. The maximum absolute atomic E-state index is 12.4. The predicted molar refractivity (Wildman–Crippen MR) is 150 cm³/mol. The van der Waals surface area contributed by atoms with E-state index in [0.29, 0.717) is 22.6 Å². The minimum Gasteiger partial charge on any atom is -0.426 e. The van der Waals surface area contributed by atoms with E-state index < -0.39 is 17.9 Å². The van der Waals surface area contributed by atoms with Crippen molar-refractivity contribution in [3.8, 4) is 39.5 Å². The molecule has 0 atom stereocenters. The lowest BCUT2D eigenvalue weighted by atomic mass is 9.99. The summed E-state index contributed by atoms with van der Waals surface area (Å²) in [4.78, 5) is 37.2. The number of benzene rings is 3. The van der Waals surface area contributed by atoms with E-state index in [1.807, 2.05) is 36.6 Å². The smallest absolute Gasteiger partial charge is 0.338 e. The molecule has 38 heavy (non-hydrogen) atoms. The van der Waals surface area contributed by atoms with Crippen LogP contribution in [0.3, 0.4) is 0 Å². The Morgan fingerprint density at radius 1 is 0.711 bits per heavy atom. The molecule has 196 valence electrons. The van der Waals surface area contributed by atoms with Gasteiger partial charge in [-0.15, -0.1) is 11.8 Å². The number of carbonyl (C=O) groups excluding carboxylic acids is 3. The third-order valence-electron chi connectivity index (χ3n) is 5.43. The lowest BCUT2D eigenvalue weighted by Gasteiger charge is -2.16. The van der Waals surface area contributed by atoms with Crippen LogP contribution in [-0.4, -0.2) is 24.2 Å². The van der Waals surface area contributed by atoms with Crippen molar-refractivity contribution >= 4 is 29.7 Å². The highest BCUT2D eigenvalue weighted by Gasteiger charge is 2.18. The van der Waals surface area contributed by atoms with Gasteiger partial charge in [0.15, 0.2) is 0 Å². The molecule has 0 aliphatic rings. The quantitative estimate of drug-likeness (QED) is 0.125. The Balaban J connectivity index is 1.98. The molecule has 3 aromatic rings. The van der Waals surface area contributed by atoms with Crippen LogP contribution in [0.2, 0.25) is 0 Å². The van der Waals surface area contributed by atoms with Gasteiger partial charge in [0.2, 0.25) is 0 Å². The molecule has 0 heterocycles. The van der Waals surface area contributed by atoms with Crippen LogP contribution < -0.4 is 14.2 Å². The van der Waals surface area contributed by atoms with E-state index in [0.717, 1.165) is 21.6 Å². The lowest BCUT2D eigenvalue weighted by Crippen LogP contribution is -2.15. The van der Waals surface area contributed by atoms with Crippen molar-refractivity contribution in [3.05, 3.63) is 85.0 Å². The number of esters is 3. The first-order chi connectivity index (χ1) is 18.0. The Kier molecular flexibility index (Phi) is 9.31. The molecule has 3 aromatic carbocycles. The fourth-order valence-corrected chi connectivity index (χ4v) is 3.95. The minimum atomic E-state index is -0.562. The molecule has 0 aliphatic carbocycles. The van der Waals surface area contributed by atoms with E-state index in [2.05, 4.69) is 13.2 Å². The van der Waals surface area contributed by atoms with E-state index in [1.54, 1.807) is 63.7 Å². The van der Waals surface area contributed by atoms with E-state index >= 15 is 0 Å². The predicted octanol–water partition coefficient (Wildman–Crippen LogP) is 7.27. The maximum atomic E-state index is 12.4. The van der Waals surface area contributed by atoms with E-state index in [9.17, 15) is 14.4 Å². The van der Waals surface area contributed by atoms with Crippen LogP contribution in [0.4, 0.5) is 0 Å². The molecule has 3 rings (SSSR count). The van der Waals surface area contributed by atoms with E-state index in [1.165, 1.54) is 6.07 Å². The fourth-order valence-electron chi connectivity index (χ4n) is 3.30. The molecule has 0 amide bonds. The van der Waals surface area contributed by atoms with Gasteiger partial charge in [0, 0.05) is 27.7 Å². The standard InChI is InChI=1S/C31H30O6S/c1-18(2)29(32)35-23-11-8-21(9-12-23)26-14-10-22(16-28(26)38-7)25-15-13-24(36-30(33)19(3)4)17-27(25)37-31(34)20(5)6/h8-17,20H,1,3H2,2,4-7H3. The second-order valence-corrected chi connectivity index (χ2v) is 9.86. The van der Waals surface area contributed by atoms with Gasteiger partial charge in [-0.1, -0.05) is 51.3 Å². The Morgan fingerprint density at radius 2 is 1.24 bits per heavy atom. The molecule has 0 aliphatic heterocycles. The van der Waals surface area contributed by atoms with Crippen molar-refractivity contribution in [2.75, 3.05) is 6.26 Å². The Labute approximate surface area is 227 Å². The summed E-state index contributed by atoms with van der Waals surface area (Å²) in [5.41, 5.74) is 4.04. The summed E-state index contributed by atoms with van der Waals surface area (Å²) < 4.78 is 16.3. The lowest BCUT2D eigenvalue weighted by molar-refractivity contribution is -0.137. The van der Waals surface area contributed by atoms with Gasteiger partial charge in [0.1, 0.15) is 17.2 Å². The summed E-state index contributed by atoms with van der Waals surface area (Å²) in [6.45, 7) is 13.8. The topological polar surface area (TPSA) is 78.9 Å². The van der Waals surface area contributed by atoms with Crippen LogP contribution in [0.15, 0.2) is 89.9 Å². The molecule has 0 saturated heterocycles. The second-order valence-electron chi connectivity index (χ2n) is 9.01. The van der Waals surface area contributed by atoms with Crippen LogP contribution >= 0.6 is 11.8 Å². The zero-order valence-corrected chi connectivity index (χ0v) is 22.9. The third-order valence-corrected chi connectivity index (χ3v) is 6.21. The average molecular weight is 531 g/mol. The van der Waals surface area contributed by atoms with Gasteiger partial charge in [-0.3, -0.25) is 4.79 Å². The number of rotatable bonds is 9. The fraction of sp³-hybridized carbons (Fsp3) is 0.194. The summed E-state index contributed by atoms with van der Waals surface area (Å²) in [6.07, 6.45) is 1.98. The summed E-state index contributed by atoms with van der Waals surface area (Å²) in [7, 11) is 0. The first-order valence-electron chi connectivity index (χ1n) is 11.9. The van der Waals surface area contributed by atoms with Crippen molar-refractivity contribution in [2.45, 2.75) is 32.6 Å². The van der Waals surface area contributed by atoms with E-state index in [-0.39, 0.29) is 17.2 Å². The van der Waals surface area contributed by atoms with Crippen LogP contribution in [-0.2, 0) is 14.4 Å². The first-order valence-corrected chi connectivity index (χ1v) is 13.1. The van der Waals surface area contributed by atoms with Gasteiger partial charge >= 0.3 is 17.9 Å². The molecular weight excluding hydrogens is 500 g/mol. The second kappa shape index (κ2) is 12.4. The van der Waals surface area contributed by atoms with Crippen molar-refractivity contribution in [2.24, 2.45) is 5.92 Å². The molecule has 0 saturated carbocycles. The molecular formula is C31H30O6S. The largest absolute Gasteiger partial charge is 0.426 e. The molecule has 0 spiro atoms. The molecule has 7 heteroatoms. The minimum absolute atomic E-state index is 0.252. The molecule has 6 nitrogen and oxygen atoms in total. The van der Waals surface area contributed by atoms with Gasteiger partial charge in [0.25, 0.3) is 0 Å². The molecule has 0 bridgehead atoms. The monoisotopic (exact) mass is 530 g/mol. The molecule has 0 unspecified atom stereocenters. The van der Waals surface area contributed by atoms with Crippen molar-refractivity contribution in [1.29, 1.82) is 0 Å². The summed E-state index contributed by atoms with van der Waals surface area (Å²) in [5, 5.41) is 0. The Bertz CT molecular complexity index is 1400. The van der Waals surface area contributed by atoms with Crippen LogP contribution in [0.25, 0.3) is 22.3 Å². The normalized spacial score (nSPS) is 10.6. The van der Waals surface area contributed by atoms with Crippen LogP contribution in [0.1, 0.15) is 27.7 Å². The molecule has 0 aromatic heterocycles. The first kappa shape index (κ1) is 28.5. The number of thioether (sulfide) groups is 1. The summed E-state index contributed by atoms with van der Waals surface area (Å²) >= 11 is 1.57. The number of hydrogen-bond donors (Lipinski definition) is 0. The average Bonchev–Trinajstić information content (AvgIpc) is 2.88. The van der Waals surface area contributed by atoms with Crippen LogP contribution in [0.5, 0.6) is 17.2 Å². The van der Waals surface area contributed by atoms with Crippen molar-refractivity contribution < 1.29 is 28.6 Å². The zero-order valence-electron chi connectivity index (χ0n) is 22.1. The number of hydrogen-bond acceptors (Lipinski definition) is 7. The van der Waals surface area contributed by atoms with E-state index in [4.69, 9.17) is 14.2 Å².